The molecular formula is C9H16O3. The summed E-state index contributed by atoms with van der Waals surface area (Å²) in [4.78, 5) is 11.0. The van der Waals surface area contributed by atoms with E-state index in [0.717, 1.165) is 0 Å². The summed E-state index contributed by atoms with van der Waals surface area (Å²) in [7, 11) is 0. The summed E-state index contributed by atoms with van der Waals surface area (Å²) >= 11 is 0. The number of ether oxygens (including phenoxy) is 1. The van der Waals surface area contributed by atoms with E-state index in [-0.39, 0.29) is 12.6 Å². The third kappa shape index (κ3) is 4.91. The standard InChI is InChI=1S/C9H16O3/c1-3-8(2)9(11)12-7-5-4-6-10/h10H,2-7H2,1H3. The molecule has 0 heterocycles. The highest BCUT2D eigenvalue weighted by atomic mass is 16.5. The molecule has 0 aliphatic heterocycles. The molecule has 0 amide bonds. The zero-order valence-electron chi connectivity index (χ0n) is 7.51. The highest BCUT2D eigenvalue weighted by Gasteiger charge is 2.04. The van der Waals surface area contributed by atoms with E-state index < -0.39 is 0 Å². The molecule has 0 atom stereocenters. The van der Waals surface area contributed by atoms with Crippen molar-refractivity contribution in [3.05, 3.63) is 12.2 Å². The molecule has 0 spiro atoms. The second kappa shape index (κ2) is 6.85. The van der Waals surface area contributed by atoms with Gasteiger partial charge >= 0.3 is 5.97 Å². The van der Waals surface area contributed by atoms with Crippen molar-refractivity contribution in [2.75, 3.05) is 13.2 Å². The van der Waals surface area contributed by atoms with E-state index in [0.29, 0.717) is 31.4 Å². The van der Waals surface area contributed by atoms with Gasteiger partial charge in [0, 0.05) is 12.2 Å². The lowest BCUT2D eigenvalue weighted by molar-refractivity contribution is -0.139. The minimum atomic E-state index is -0.324. The highest BCUT2D eigenvalue weighted by molar-refractivity contribution is 5.87. The Morgan fingerprint density at radius 1 is 1.50 bits per heavy atom. The van der Waals surface area contributed by atoms with E-state index in [4.69, 9.17) is 9.84 Å². The van der Waals surface area contributed by atoms with Crippen LogP contribution >= 0.6 is 0 Å². The number of aliphatic hydroxyl groups is 1. The lowest BCUT2D eigenvalue weighted by atomic mass is 10.2. The lowest BCUT2D eigenvalue weighted by Crippen LogP contribution is -2.07. The van der Waals surface area contributed by atoms with Crippen molar-refractivity contribution in [2.45, 2.75) is 26.2 Å². The van der Waals surface area contributed by atoms with Crippen molar-refractivity contribution < 1.29 is 14.6 Å². The Kier molecular flexibility index (Phi) is 6.38. The Morgan fingerprint density at radius 3 is 2.67 bits per heavy atom. The maximum atomic E-state index is 11.0. The van der Waals surface area contributed by atoms with Gasteiger partial charge in [0.25, 0.3) is 0 Å². The lowest BCUT2D eigenvalue weighted by Gasteiger charge is -2.03. The molecule has 0 aliphatic carbocycles. The minimum absolute atomic E-state index is 0.145. The van der Waals surface area contributed by atoms with Gasteiger partial charge in [0.15, 0.2) is 0 Å². The van der Waals surface area contributed by atoms with Crippen LogP contribution in [-0.4, -0.2) is 24.3 Å². The quantitative estimate of drug-likeness (QED) is 0.373. The van der Waals surface area contributed by atoms with Gasteiger partial charge in [-0.1, -0.05) is 13.5 Å². The van der Waals surface area contributed by atoms with E-state index in [9.17, 15) is 4.79 Å². The number of hydrogen-bond donors (Lipinski definition) is 1. The zero-order valence-corrected chi connectivity index (χ0v) is 7.51. The van der Waals surface area contributed by atoms with Gasteiger partial charge in [-0.05, 0) is 19.3 Å². The third-order valence-electron chi connectivity index (χ3n) is 1.50. The summed E-state index contributed by atoms with van der Waals surface area (Å²) in [5, 5.41) is 8.43. The fraction of sp³-hybridized carbons (Fsp3) is 0.667. The number of carbonyl (C=O) groups excluding carboxylic acids is 1. The van der Waals surface area contributed by atoms with Crippen molar-refractivity contribution in [1.82, 2.24) is 0 Å². The first-order valence-electron chi connectivity index (χ1n) is 4.18. The summed E-state index contributed by atoms with van der Waals surface area (Å²) < 4.78 is 4.85. The molecule has 0 saturated carbocycles. The molecule has 1 N–H and O–H groups in total. The van der Waals surface area contributed by atoms with E-state index >= 15 is 0 Å². The second-order valence-corrected chi connectivity index (χ2v) is 2.52. The van der Waals surface area contributed by atoms with Crippen LogP contribution in [0.2, 0.25) is 0 Å². The second-order valence-electron chi connectivity index (χ2n) is 2.52. The number of rotatable bonds is 6. The van der Waals surface area contributed by atoms with Crippen LogP contribution in [0.1, 0.15) is 26.2 Å². The Morgan fingerprint density at radius 2 is 2.17 bits per heavy atom. The molecule has 0 aromatic rings. The van der Waals surface area contributed by atoms with Crippen LogP contribution in [-0.2, 0) is 9.53 Å². The molecule has 0 fully saturated rings. The van der Waals surface area contributed by atoms with Gasteiger partial charge in [-0.3, -0.25) is 0 Å². The fourth-order valence-corrected chi connectivity index (χ4v) is 0.625. The van der Waals surface area contributed by atoms with Crippen LogP contribution in [0.4, 0.5) is 0 Å². The summed E-state index contributed by atoms with van der Waals surface area (Å²) in [6.45, 7) is 5.93. The fourth-order valence-electron chi connectivity index (χ4n) is 0.625. The monoisotopic (exact) mass is 172 g/mol. The normalized spacial score (nSPS) is 9.50. The van der Waals surface area contributed by atoms with Crippen molar-refractivity contribution in [3.63, 3.8) is 0 Å². The van der Waals surface area contributed by atoms with Crippen molar-refractivity contribution in [1.29, 1.82) is 0 Å². The van der Waals surface area contributed by atoms with Crippen LogP contribution in [0.25, 0.3) is 0 Å². The van der Waals surface area contributed by atoms with Gasteiger partial charge in [0.1, 0.15) is 0 Å². The smallest absolute Gasteiger partial charge is 0.333 e. The Hall–Kier alpha value is -0.830. The number of esters is 1. The third-order valence-corrected chi connectivity index (χ3v) is 1.50. The maximum Gasteiger partial charge on any atom is 0.333 e. The van der Waals surface area contributed by atoms with E-state index in [1.165, 1.54) is 0 Å². The molecule has 0 rings (SSSR count). The Balaban J connectivity index is 3.38. The first kappa shape index (κ1) is 11.2. The van der Waals surface area contributed by atoms with Crippen LogP contribution in [0.5, 0.6) is 0 Å². The largest absolute Gasteiger partial charge is 0.462 e. The topological polar surface area (TPSA) is 46.5 Å². The molecule has 0 aromatic heterocycles. The summed E-state index contributed by atoms with van der Waals surface area (Å²) in [6.07, 6.45) is 2.00. The van der Waals surface area contributed by atoms with Crippen LogP contribution in [0.3, 0.4) is 0 Å². The van der Waals surface area contributed by atoms with Crippen molar-refractivity contribution >= 4 is 5.97 Å². The summed E-state index contributed by atoms with van der Waals surface area (Å²) in [6, 6.07) is 0. The molecular weight excluding hydrogens is 156 g/mol. The maximum absolute atomic E-state index is 11.0. The predicted octanol–water partition coefficient (Wildman–Crippen LogP) is 1.27. The summed E-state index contributed by atoms with van der Waals surface area (Å²) in [5.74, 6) is -0.324. The number of carbonyl (C=O) groups is 1. The van der Waals surface area contributed by atoms with E-state index in [1.54, 1.807) is 0 Å². The average Bonchev–Trinajstić information content (AvgIpc) is 2.10. The SMILES string of the molecule is C=C(CC)C(=O)OCCCCO. The molecule has 70 valence electrons. The molecule has 3 nitrogen and oxygen atoms in total. The van der Waals surface area contributed by atoms with Crippen molar-refractivity contribution in [3.8, 4) is 0 Å². The van der Waals surface area contributed by atoms with E-state index in [2.05, 4.69) is 6.58 Å². The van der Waals surface area contributed by atoms with Crippen LogP contribution in [0, 0.1) is 0 Å². The molecule has 0 radical (unpaired) electrons. The first-order valence-corrected chi connectivity index (χ1v) is 4.18. The van der Waals surface area contributed by atoms with Gasteiger partial charge in [-0.2, -0.15) is 0 Å². The average molecular weight is 172 g/mol. The molecule has 0 aliphatic rings. The van der Waals surface area contributed by atoms with Gasteiger partial charge in [-0.15, -0.1) is 0 Å². The van der Waals surface area contributed by atoms with Crippen LogP contribution < -0.4 is 0 Å². The van der Waals surface area contributed by atoms with Crippen LogP contribution in [0.15, 0.2) is 12.2 Å². The van der Waals surface area contributed by atoms with Gasteiger partial charge in [0.05, 0.1) is 6.61 Å². The highest BCUT2D eigenvalue weighted by Crippen LogP contribution is 2.00. The number of aliphatic hydroxyl groups excluding tert-OH is 1. The predicted molar refractivity (Wildman–Crippen MR) is 46.7 cm³/mol. The van der Waals surface area contributed by atoms with Gasteiger partial charge < -0.3 is 9.84 Å². The number of hydrogen-bond acceptors (Lipinski definition) is 3. The molecule has 0 aromatic carbocycles. The molecule has 0 bridgehead atoms. The molecule has 0 unspecified atom stereocenters. The number of unbranched alkanes of at least 4 members (excludes halogenated alkanes) is 1. The molecule has 3 heteroatoms. The Bertz CT molecular complexity index is 152. The van der Waals surface area contributed by atoms with E-state index in [1.807, 2.05) is 6.92 Å². The molecule has 0 saturated heterocycles. The van der Waals surface area contributed by atoms with Gasteiger partial charge in [-0.25, -0.2) is 4.79 Å². The minimum Gasteiger partial charge on any atom is -0.462 e. The summed E-state index contributed by atoms with van der Waals surface area (Å²) in [5.41, 5.74) is 0.499. The van der Waals surface area contributed by atoms with Crippen molar-refractivity contribution in [2.24, 2.45) is 0 Å². The first-order chi connectivity index (χ1) is 5.72. The zero-order chi connectivity index (χ0) is 9.40. The Labute approximate surface area is 73.0 Å². The van der Waals surface area contributed by atoms with Gasteiger partial charge in [0.2, 0.25) is 0 Å². The molecule has 12 heavy (non-hydrogen) atoms.